The van der Waals surface area contributed by atoms with E-state index in [0.29, 0.717) is 44.8 Å². The van der Waals surface area contributed by atoms with Gasteiger partial charge in [-0.25, -0.2) is 0 Å². The molecule has 0 atom stereocenters. The first-order valence-corrected chi connectivity index (χ1v) is 12.2. The molecule has 8 nitrogen and oxygen atoms in total. The van der Waals surface area contributed by atoms with Gasteiger partial charge in [0.1, 0.15) is 11.5 Å². The minimum atomic E-state index is -0.368. The van der Waals surface area contributed by atoms with Crippen LogP contribution in [0.2, 0.25) is 0 Å². The predicted octanol–water partition coefficient (Wildman–Crippen LogP) is 3.64. The number of rotatable bonds is 8. The Morgan fingerprint density at radius 2 is 1.21 bits per heavy atom. The second-order valence-electron chi connectivity index (χ2n) is 7.44. The summed E-state index contributed by atoms with van der Waals surface area (Å²) in [4.78, 5) is 33.6. The molecule has 34 heavy (non-hydrogen) atoms. The highest BCUT2D eigenvalue weighted by Gasteiger charge is 2.17. The Labute approximate surface area is 205 Å². The van der Waals surface area contributed by atoms with E-state index in [1.807, 2.05) is 0 Å². The minimum absolute atomic E-state index is 0.0841. The number of aromatic hydroxyl groups is 2. The SMILES string of the molecule is Cc1ncc(CSC(=O)c2cccc(C(=O)SCc3cnc(C)c(O)c3CO)c2)c(CO)c1O. The first-order chi connectivity index (χ1) is 16.3. The number of carbonyl (C=O) groups is 2. The number of aliphatic hydroxyl groups excluding tert-OH is 2. The van der Waals surface area contributed by atoms with Gasteiger partial charge in [0.15, 0.2) is 0 Å². The van der Waals surface area contributed by atoms with Crippen LogP contribution in [0.3, 0.4) is 0 Å². The lowest BCUT2D eigenvalue weighted by atomic mass is 10.1. The van der Waals surface area contributed by atoms with Crippen LogP contribution < -0.4 is 0 Å². The highest BCUT2D eigenvalue weighted by atomic mass is 32.2. The van der Waals surface area contributed by atoms with Gasteiger partial charge in [0.2, 0.25) is 10.2 Å². The van der Waals surface area contributed by atoms with Crippen LogP contribution in [-0.4, -0.2) is 40.6 Å². The van der Waals surface area contributed by atoms with Crippen molar-refractivity contribution in [2.45, 2.75) is 38.6 Å². The molecule has 0 bridgehead atoms. The topological polar surface area (TPSA) is 141 Å². The minimum Gasteiger partial charge on any atom is -0.506 e. The average Bonchev–Trinajstić information content (AvgIpc) is 2.85. The third-order valence-corrected chi connectivity index (χ3v) is 7.13. The molecule has 0 aliphatic rings. The summed E-state index contributed by atoms with van der Waals surface area (Å²) >= 11 is 1.96. The van der Waals surface area contributed by atoms with Gasteiger partial charge in [-0.1, -0.05) is 41.7 Å². The van der Waals surface area contributed by atoms with E-state index in [1.165, 1.54) is 18.5 Å². The smallest absolute Gasteiger partial charge is 0.219 e. The van der Waals surface area contributed by atoms with Crippen LogP contribution in [0.15, 0.2) is 36.7 Å². The number of carbonyl (C=O) groups excluding carboxylic acids is 2. The fraction of sp³-hybridized carbons (Fsp3) is 0.250. The maximum absolute atomic E-state index is 12.7. The highest BCUT2D eigenvalue weighted by molar-refractivity contribution is 8.13. The summed E-state index contributed by atoms with van der Waals surface area (Å²) in [5, 5.41) is 38.7. The predicted molar refractivity (Wildman–Crippen MR) is 131 cm³/mol. The number of aliphatic hydroxyl groups is 2. The van der Waals surface area contributed by atoms with Crippen molar-refractivity contribution in [3.63, 3.8) is 0 Å². The molecule has 3 rings (SSSR count). The summed E-state index contributed by atoms with van der Waals surface area (Å²) in [7, 11) is 0. The summed E-state index contributed by atoms with van der Waals surface area (Å²) in [6, 6.07) is 6.36. The fourth-order valence-corrected chi connectivity index (χ4v) is 4.85. The van der Waals surface area contributed by atoms with Gasteiger partial charge in [0, 0.05) is 46.2 Å². The second-order valence-corrected chi connectivity index (χ2v) is 9.34. The van der Waals surface area contributed by atoms with Crippen molar-refractivity contribution in [1.29, 1.82) is 0 Å². The first-order valence-electron chi connectivity index (χ1n) is 10.3. The molecular formula is C24H24N2O6S2. The third-order valence-electron chi connectivity index (χ3n) is 5.23. The fourth-order valence-electron chi connectivity index (χ4n) is 3.20. The number of hydrogen-bond acceptors (Lipinski definition) is 10. The highest BCUT2D eigenvalue weighted by Crippen LogP contribution is 2.30. The lowest BCUT2D eigenvalue weighted by Crippen LogP contribution is -2.02. The number of pyridine rings is 2. The molecule has 2 aromatic heterocycles. The molecule has 0 fully saturated rings. The summed E-state index contributed by atoms with van der Waals surface area (Å²) in [5.74, 6) is 0.241. The van der Waals surface area contributed by atoms with Crippen molar-refractivity contribution >= 4 is 33.8 Å². The van der Waals surface area contributed by atoms with Crippen LogP contribution in [-0.2, 0) is 24.7 Å². The zero-order valence-electron chi connectivity index (χ0n) is 18.6. The molecule has 4 N–H and O–H groups in total. The molecule has 0 radical (unpaired) electrons. The van der Waals surface area contributed by atoms with Gasteiger partial charge in [0.25, 0.3) is 0 Å². The van der Waals surface area contributed by atoms with Crippen molar-refractivity contribution in [2.24, 2.45) is 0 Å². The molecule has 0 amide bonds. The van der Waals surface area contributed by atoms with Gasteiger partial charge in [-0.15, -0.1) is 0 Å². The number of aromatic nitrogens is 2. The van der Waals surface area contributed by atoms with E-state index in [4.69, 9.17) is 0 Å². The van der Waals surface area contributed by atoms with E-state index in [-0.39, 0.29) is 46.4 Å². The van der Waals surface area contributed by atoms with E-state index >= 15 is 0 Å². The Morgan fingerprint density at radius 3 is 1.59 bits per heavy atom. The normalized spacial score (nSPS) is 10.9. The molecule has 0 spiro atoms. The maximum Gasteiger partial charge on any atom is 0.219 e. The van der Waals surface area contributed by atoms with E-state index in [9.17, 15) is 30.0 Å². The van der Waals surface area contributed by atoms with Crippen molar-refractivity contribution in [2.75, 3.05) is 0 Å². The molecule has 10 heteroatoms. The quantitative estimate of drug-likeness (QED) is 0.362. The molecule has 0 aliphatic carbocycles. The van der Waals surface area contributed by atoms with Crippen molar-refractivity contribution in [3.05, 3.63) is 81.4 Å². The Balaban J connectivity index is 1.68. The second kappa shape index (κ2) is 11.5. The van der Waals surface area contributed by atoms with Crippen LogP contribution in [0.4, 0.5) is 0 Å². The van der Waals surface area contributed by atoms with Gasteiger partial charge in [-0.2, -0.15) is 0 Å². The number of hydrogen-bond donors (Lipinski definition) is 4. The molecule has 0 saturated carbocycles. The standard InChI is InChI=1S/C24H24N2O6S2/c1-13-21(29)19(9-27)17(7-25-13)11-33-23(31)15-4-3-5-16(6-15)24(32)34-12-18-8-26-14(2)22(30)20(18)10-28/h3-8,27-30H,9-12H2,1-2H3. The lowest BCUT2D eigenvalue weighted by Gasteiger charge is -2.11. The Morgan fingerprint density at radius 1 is 0.794 bits per heavy atom. The van der Waals surface area contributed by atoms with E-state index < -0.39 is 0 Å². The van der Waals surface area contributed by atoms with Gasteiger partial charge in [-0.05, 0) is 31.0 Å². The van der Waals surface area contributed by atoms with Gasteiger partial charge < -0.3 is 20.4 Å². The molecule has 0 unspecified atom stereocenters. The lowest BCUT2D eigenvalue weighted by molar-refractivity contribution is 0.108. The molecule has 178 valence electrons. The average molecular weight is 501 g/mol. The van der Waals surface area contributed by atoms with Gasteiger partial charge in [0.05, 0.1) is 24.6 Å². The molecule has 0 aliphatic heterocycles. The van der Waals surface area contributed by atoms with Crippen LogP contribution in [0.1, 0.15) is 54.4 Å². The number of thioether (sulfide) groups is 2. The van der Waals surface area contributed by atoms with Crippen LogP contribution in [0.25, 0.3) is 0 Å². The number of aryl methyl sites for hydroxylation is 2. The number of benzene rings is 1. The molecular weight excluding hydrogens is 476 g/mol. The van der Waals surface area contributed by atoms with E-state index in [0.717, 1.165) is 23.5 Å². The van der Waals surface area contributed by atoms with E-state index in [1.54, 1.807) is 32.0 Å². The monoisotopic (exact) mass is 500 g/mol. The Kier molecular flexibility index (Phi) is 8.67. The summed E-state index contributed by atoms with van der Waals surface area (Å²) in [5.41, 5.74) is 3.28. The van der Waals surface area contributed by atoms with Crippen molar-refractivity contribution < 1.29 is 30.0 Å². The van der Waals surface area contributed by atoms with Crippen molar-refractivity contribution in [1.82, 2.24) is 9.97 Å². The zero-order chi connectivity index (χ0) is 24.8. The molecule has 1 aromatic carbocycles. The summed E-state index contributed by atoms with van der Waals surface area (Å²) < 4.78 is 0. The van der Waals surface area contributed by atoms with Crippen LogP contribution in [0.5, 0.6) is 11.5 Å². The van der Waals surface area contributed by atoms with Crippen LogP contribution >= 0.6 is 23.5 Å². The summed E-state index contributed by atoms with van der Waals surface area (Å²) in [6.45, 7) is 2.51. The van der Waals surface area contributed by atoms with Crippen molar-refractivity contribution in [3.8, 4) is 11.5 Å². The third kappa shape index (κ3) is 5.76. The Bertz CT molecular complexity index is 1140. The molecule has 3 aromatic rings. The zero-order valence-corrected chi connectivity index (χ0v) is 20.2. The first kappa shape index (κ1) is 25.7. The largest absolute Gasteiger partial charge is 0.506 e. The number of nitrogens with zero attached hydrogens (tertiary/aromatic N) is 2. The summed E-state index contributed by atoms with van der Waals surface area (Å²) in [6.07, 6.45) is 3.05. The van der Waals surface area contributed by atoms with Gasteiger partial charge >= 0.3 is 0 Å². The van der Waals surface area contributed by atoms with Gasteiger partial charge in [-0.3, -0.25) is 19.6 Å². The maximum atomic E-state index is 12.7. The molecule has 0 saturated heterocycles. The van der Waals surface area contributed by atoms with Crippen LogP contribution in [0, 0.1) is 13.8 Å². The molecule has 2 heterocycles. The van der Waals surface area contributed by atoms with E-state index in [2.05, 4.69) is 9.97 Å². The Hall–Kier alpha value is -2.92.